The molecule has 7 nitrogen and oxygen atoms in total. The first-order valence-corrected chi connectivity index (χ1v) is 6.11. The fraction of sp³-hybridized carbons (Fsp3) is 0.385. The van der Waals surface area contributed by atoms with Crippen molar-refractivity contribution in [2.75, 3.05) is 32.2 Å². The van der Waals surface area contributed by atoms with Crippen LogP contribution in [0.2, 0.25) is 0 Å². The monoisotopic (exact) mass is 282 g/mol. The van der Waals surface area contributed by atoms with Gasteiger partial charge in [0.05, 0.1) is 5.69 Å². The number of benzene rings is 1. The Morgan fingerprint density at radius 2 is 2.05 bits per heavy atom. The Labute approximate surface area is 116 Å². The lowest BCUT2D eigenvalue weighted by molar-refractivity contribution is -0.139. The highest BCUT2D eigenvalue weighted by atomic mass is 16.5. The maximum absolute atomic E-state index is 11.6. The number of rotatable bonds is 8. The van der Waals surface area contributed by atoms with Crippen molar-refractivity contribution < 1.29 is 24.2 Å². The summed E-state index contributed by atoms with van der Waals surface area (Å²) in [6.07, 6.45) is 0.709. The number of aliphatic carboxylic acids is 1. The van der Waals surface area contributed by atoms with E-state index >= 15 is 0 Å². The SMILES string of the molecule is COCCCNC(=O)Nc1ccccc1OCC(=O)O. The van der Waals surface area contributed by atoms with Crippen molar-refractivity contribution in [3.05, 3.63) is 24.3 Å². The maximum atomic E-state index is 11.6. The Balaban J connectivity index is 2.49. The van der Waals surface area contributed by atoms with Crippen molar-refractivity contribution in [2.24, 2.45) is 0 Å². The minimum absolute atomic E-state index is 0.307. The number of para-hydroxylation sites is 2. The molecule has 0 spiro atoms. The van der Waals surface area contributed by atoms with Crippen molar-refractivity contribution in [3.63, 3.8) is 0 Å². The fourth-order valence-electron chi connectivity index (χ4n) is 1.42. The number of hydrogen-bond donors (Lipinski definition) is 3. The number of carboxylic acid groups (broad SMARTS) is 1. The van der Waals surface area contributed by atoms with Crippen LogP contribution in [0, 0.1) is 0 Å². The second-order valence-electron chi connectivity index (χ2n) is 3.91. The molecular formula is C13H18N2O5. The number of carbonyl (C=O) groups excluding carboxylic acids is 1. The van der Waals surface area contributed by atoms with E-state index < -0.39 is 12.6 Å². The van der Waals surface area contributed by atoms with Crippen LogP contribution < -0.4 is 15.4 Å². The zero-order chi connectivity index (χ0) is 14.8. The molecule has 0 saturated carbocycles. The molecule has 0 aliphatic carbocycles. The van der Waals surface area contributed by atoms with Crippen LogP contribution in [0.15, 0.2) is 24.3 Å². The van der Waals surface area contributed by atoms with Crippen LogP contribution in [0.5, 0.6) is 5.75 Å². The van der Waals surface area contributed by atoms with Gasteiger partial charge in [-0.25, -0.2) is 9.59 Å². The number of urea groups is 1. The molecule has 0 aliphatic rings. The molecule has 0 fully saturated rings. The molecule has 20 heavy (non-hydrogen) atoms. The summed E-state index contributed by atoms with van der Waals surface area (Å²) < 4.78 is 9.95. The van der Waals surface area contributed by atoms with Gasteiger partial charge in [0.2, 0.25) is 0 Å². The van der Waals surface area contributed by atoms with Gasteiger partial charge in [0.1, 0.15) is 5.75 Å². The van der Waals surface area contributed by atoms with Gasteiger partial charge in [-0.2, -0.15) is 0 Å². The topological polar surface area (TPSA) is 96.9 Å². The molecule has 0 saturated heterocycles. The Morgan fingerprint density at radius 3 is 2.75 bits per heavy atom. The first-order valence-electron chi connectivity index (χ1n) is 6.11. The van der Waals surface area contributed by atoms with Crippen molar-refractivity contribution in [1.29, 1.82) is 0 Å². The molecule has 0 aromatic heterocycles. The summed E-state index contributed by atoms with van der Waals surface area (Å²) in [5, 5.41) is 13.8. The fourth-order valence-corrected chi connectivity index (χ4v) is 1.42. The Bertz CT molecular complexity index is 450. The van der Waals surface area contributed by atoms with Gasteiger partial charge < -0.3 is 25.2 Å². The number of amides is 2. The summed E-state index contributed by atoms with van der Waals surface area (Å²) in [4.78, 5) is 22.1. The summed E-state index contributed by atoms with van der Waals surface area (Å²) in [5.74, 6) is -0.772. The van der Waals surface area contributed by atoms with Gasteiger partial charge in [-0.1, -0.05) is 12.1 Å². The quantitative estimate of drug-likeness (QED) is 0.625. The summed E-state index contributed by atoms with van der Waals surface area (Å²) in [6, 6.07) is 6.25. The molecule has 0 atom stereocenters. The Kier molecular flexibility index (Phi) is 6.91. The van der Waals surface area contributed by atoms with Crippen LogP contribution in [0.3, 0.4) is 0 Å². The molecule has 0 bridgehead atoms. The van der Waals surface area contributed by atoms with Crippen LogP contribution >= 0.6 is 0 Å². The lowest BCUT2D eigenvalue weighted by atomic mass is 10.3. The third-order valence-electron chi connectivity index (χ3n) is 2.30. The second kappa shape index (κ2) is 8.76. The van der Waals surface area contributed by atoms with E-state index in [9.17, 15) is 9.59 Å². The van der Waals surface area contributed by atoms with E-state index in [-0.39, 0.29) is 6.03 Å². The lowest BCUT2D eigenvalue weighted by Crippen LogP contribution is -2.30. The minimum Gasteiger partial charge on any atom is -0.480 e. The van der Waals surface area contributed by atoms with E-state index in [0.717, 1.165) is 0 Å². The minimum atomic E-state index is -1.08. The van der Waals surface area contributed by atoms with E-state index in [0.29, 0.717) is 31.0 Å². The van der Waals surface area contributed by atoms with Gasteiger partial charge in [-0.3, -0.25) is 0 Å². The number of methoxy groups -OCH3 is 1. The van der Waals surface area contributed by atoms with Crippen LogP contribution in [0.4, 0.5) is 10.5 Å². The molecule has 0 aliphatic heterocycles. The van der Waals surface area contributed by atoms with Gasteiger partial charge in [0.15, 0.2) is 6.61 Å². The highest BCUT2D eigenvalue weighted by molar-refractivity contribution is 5.90. The van der Waals surface area contributed by atoms with Gasteiger partial charge in [-0.05, 0) is 18.6 Å². The molecule has 0 unspecified atom stereocenters. The van der Waals surface area contributed by atoms with Crippen LogP contribution in [0.1, 0.15) is 6.42 Å². The smallest absolute Gasteiger partial charge is 0.341 e. The molecule has 7 heteroatoms. The average molecular weight is 282 g/mol. The molecule has 1 aromatic rings. The lowest BCUT2D eigenvalue weighted by Gasteiger charge is -2.11. The molecule has 3 N–H and O–H groups in total. The van der Waals surface area contributed by atoms with Crippen molar-refractivity contribution in [2.45, 2.75) is 6.42 Å². The number of nitrogens with one attached hydrogen (secondary N) is 2. The van der Waals surface area contributed by atoms with E-state index in [2.05, 4.69) is 10.6 Å². The van der Waals surface area contributed by atoms with E-state index in [1.807, 2.05) is 0 Å². The number of hydrogen-bond acceptors (Lipinski definition) is 4. The predicted octanol–water partition coefficient (Wildman–Crippen LogP) is 1.31. The maximum Gasteiger partial charge on any atom is 0.341 e. The second-order valence-corrected chi connectivity index (χ2v) is 3.91. The molecule has 0 heterocycles. The zero-order valence-electron chi connectivity index (χ0n) is 11.2. The molecule has 2 amide bonds. The van der Waals surface area contributed by atoms with Gasteiger partial charge in [0, 0.05) is 20.3 Å². The highest BCUT2D eigenvalue weighted by Crippen LogP contribution is 2.23. The van der Waals surface area contributed by atoms with Crippen LogP contribution in [-0.4, -0.2) is 44.0 Å². The Hall–Kier alpha value is -2.28. The van der Waals surface area contributed by atoms with Crippen LogP contribution in [-0.2, 0) is 9.53 Å². The first-order chi connectivity index (χ1) is 9.63. The van der Waals surface area contributed by atoms with Gasteiger partial charge >= 0.3 is 12.0 Å². The van der Waals surface area contributed by atoms with E-state index in [1.165, 1.54) is 0 Å². The predicted molar refractivity (Wildman–Crippen MR) is 73.1 cm³/mol. The zero-order valence-corrected chi connectivity index (χ0v) is 11.2. The highest BCUT2D eigenvalue weighted by Gasteiger charge is 2.08. The number of ether oxygens (including phenoxy) is 2. The summed E-state index contributed by atoms with van der Waals surface area (Å²) in [7, 11) is 1.59. The van der Waals surface area contributed by atoms with E-state index in [4.69, 9.17) is 14.6 Å². The number of carbonyl (C=O) groups is 2. The van der Waals surface area contributed by atoms with Crippen molar-refractivity contribution in [1.82, 2.24) is 5.32 Å². The third kappa shape index (κ3) is 6.05. The van der Waals surface area contributed by atoms with Crippen molar-refractivity contribution in [3.8, 4) is 5.75 Å². The Morgan fingerprint density at radius 1 is 1.30 bits per heavy atom. The first kappa shape index (κ1) is 15.8. The summed E-state index contributed by atoms with van der Waals surface area (Å²) >= 11 is 0. The number of carboxylic acids is 1. The summed E-state index contributed by atoms with van der Waals surface area (Å²) in [6.45, 7) is 0.588. The molecule has 0 radical (unpaired) electrons. The molecule has 110 valence electrons. The molecular weight excluding hydrogens is 264 g/mol. The number of anilines is 1. The van der Waals surface area contributed by atoms with Gasteiger partial charge in [0.25, 0.3) is 0 Å². The standard InChI is InChI=1S/C13H18N2O5/c1-19-8-4-7-14-13(18)15-10-5-2-3-6-11(10)20-9-12(16)17/h2-3,5-6H,4,7-9H2,1H3,(H,16,17)(H2,14,15,18). The average Bonchev–Trinajstić information content (AvgIpc) is 2.42. The third-order valence-corrected chi connectivity index (χ3v) is 2.30. The van der Waals surface area contributed by atoms with Gasteiger partial charge in [-0.15, -0.1) is 0 Å². The normalized spacial score (nSPS) is 9.85. The largest absolute Gasteiger partial charge is 0.480 e. The van der Waals surface area contributed by atoms with Crippen LogP contribution in [0.25, 0.3) is 0 Å². The van der Waals surface area contributed by atoms with E-state index in [1.54, 1.807) is 31.4 Å². The molecule has 1 rings (SSSR count). The molecule has 1 aromatic carbocycles. The van der Waals surface area contributed by atoms with Crippen molar-refractivity contribution >= 4 is 17.7 Å². The summed E-state index contributed by atoms with van der Waals surface area (Å²) in [5.41, 5.74) is 0.415.